The number of hydrogen-bond acceptors (Lipinski definition) is 4. The molecule has 1 amide bonds. The molecule has 0 aromatic carbocycles. The van der Waals surface area contributed by atoms with Crippen LogP contribution in [0.15, 0.2) is 11.2 Å². The first-order valence-electron chi connectivity index (χ1n) is 9.73. The van der Waals surface area contributed by atoms with E-state index in [1.165, 1.54) is 4.88 Å². The zero-order valence-corrected chi connectivity index (χ0v) is 17.3. The van der Waals surface area contributed by atoms with Gasteiger partial charge < -0.3 is 16.0 Å². The number of guanidine groups is 1. The van der Waals surface area contributed by atoms with E-state index in [1.54, 1.807) is 18.4 Å². The van der Waals surface area contributed by atoms with Crippen molar-refractivity contribution in [1.29, 1.82) is 0 Å². The minimum Gasteiger partial charge on any atom is -0.356 e. The molecule has 0 spiro atoms. The number of amides is 1. The second-order valence-electron chi connectivity index (χ2n) is 7.19. The van der Waals surface area contributed by atoms with Gasteiger partial charge in [-0.3, -0.25) is 9.79 Å². The number of nitrogens with one attached hydrogen (secondary N) is 3. The van der Waals surface area contributed by atoms with Crippen LogP contribution in [0.25, 0.3) is 0 Å². The summed E-state index contributed by atoms with van der Waals surface area (Å²) in [4.78, 5) is 22.4. The number of nitrogens with zero attached hydrogens (tertiary/aromatic N) is 2. The molecule has 2 atom stereocenters. The second kappa shape index (κ2) is 10.5. The highest BCUT2D eigenvalue weighted by molar-refractivity contribution is 7.11. The summed E-state index contributed by atoms with van der Waals surface area (Å²) >= 11 is 1.78. The predicted octanol–water partition coefficient (Wildman–Crippen LogP) is 2.50. The van der Waals surface area contributed by atoms with Gasteiger partial charge in [0.15, 0.2) is 5.96 Å². The Morgan fingerprint density at radius 1 is 1.42 bits per heavy atom. The summed E-state index contributed by atoms with van der Waals surface area (Å²) < 4.78 is 0. The van der Waals surface area contributed by atoms with Gasteiger partial charge in [0.05, 0.1) is 5.01 Å². The molecule has 1 saturated carbocycles. The molecule has 2 unspecified atom stereocenters. The number of rotatable bonds is 7. The van der Waals surface area contributed by atoms with Gasteiger partial charge >= 0.3 is 0 Å². The summed E-state index contributed by atoms with van der Waals surface area (Å²) in [5, 5.41) is 11.1. The molecular formula is C19H33N5OS. The standard InChI is InChI=1S/C19H33N5OS/c1-5-16-12-22-17(26-16)9-10-21-19(20-4)24-15-8-6-7-14(11-15)18(25)23-13(2)3/h12-15H,5-11H2,1-4H3,(H,23,25)(H2,20,21,24). The maximum absolute atomic E-state index is 12.3. The Morgan fingerprint density at radius 3 is 2.88 bits per heavy atom. The van der Waals surface area contributed by atoms with Gasteiger partial charge in [-0.25, -0.2) is 4.98 Å². The number of hydrogen-bond donors (Lipinski definition) is 3. The van der Waals surface area contributed by atoms with E-state index in [1.807, 2.05) is 20.0 Å². The SMILES string of the molecule is CCc1cnc(CCNC(=NC)NC2CCCC(C(=O)NC(C)C)C2)s1. The van der Waals surface area contributed by atoms with Crippen LogP contribution in [-0.4, -0.2) is 42.5 Å². The number of aryl methyl sites for hydroxylation is 1. The molecule has 1 fully saturated rings. The fourth-order valence-corrected chi connectivity index (χ4v) is 4.13. The lowest BCUT2D eigenvalue weighted by Crippen LogP contribution is -2.47. The molecule has 2 rings (SSSR count). The average Bonchev–Trinajstić information content (AvgIpc) is 3.08. The summed E-state index contributed by atoms with van der Waals surface area (Å²) in [5.41, 5.74) is 0. The molecule has 1 aromatic heterocycles. The van der Waals surface area contributed by atoms with Gasteiger partial charge in [-0.15, -0.1) is 11.3 Å². The van der Waals surface area contributed by atoms with Gasteiger partial charge in [-0.1, -0.05) is 13.3 Å². The van der Waals surface area contributed by atoms with Gasteiger partial charge in [-0.2, -0.15) is 0 Å². The number of carbonyl (C=O) groups excluding carboxylic acids is 1. The maximum Gasteiger partial charge on any atom is 0.223 e. The average molecular weight is 380 g/mol. The van der Waals surface area contributed by atoms with Crippen molar-refractivity contribution >= 4 is 23.2 Å². The van der Waals surface area contributed by atoms with Crippen molar-refractivity contribution in [3.63, 3.8) is 0 Å². The highest BCUT2D eigenvalue weighted by Gasteiger charge is 2.27. The molecule has 0 radical (unpaired) electrons. The molecule has 0 bridgehead atoms. The van der Waals surface area contributed by atoms with E-state index in [9.17, 15) is 4.79 Å². The van der Waals surface area contributed by atoms with Crippen molar-refractivity contribution < 1.29 is 4.79 Å². The van der Waals surface area contributed by atoms with Crippen molar-refractivity contribution in [2.75, 3.05) is 13.6 Å². The quantitative estimate of drug-likeness (QED) is 0.502. The van der Waals surface area contributed by atoms with Crippen LogP contribution in [0.1, 0.15) is 56.3 Å². The number of carbonyl (C=O) groups is 1. The molecule has 26 heavy (non-hydrogen) atoms. The number of aliphatic imine (C=N–C) groups is 1. The number of thiazole rings is 1. The molecule has 7 heteroatoms. The lowest BCUT2D eigenvalue weighted by Gasteiger charge is -2.30. The zero-order chi connectivity index (χ0) is 18.9. The molecule has 146 valence electrons. The van der Waals surface area contributed by atoms with Crippen LogP contribution >= 0.6 is 11.3 Å². The third kappa shape index (κ3) is 6.59. The lowest BCUT2D eigenvalue weighted by atomic mass is 9.85. The topological polar surface area (TPSA) is 78.4 Å². The van der Waals surface area contributed by atoms with Gasteiger partial charge in [0.25, 0.3) is 0 Å². The largest absolute Gasteiger partial charge is 0.356 e. The molecule has 0 aliphatic heterocycles. The Kier molecular flexibility index (Phi) is 8.35. The first-order chi connectivity index (χ1) is 12.5. The zero-order valence-electron chi connectivity index (χ0n) is 16.5. The van der Waals surface area contributed by atoms with E-state index in [2.05, 4.69) is 32.9 Å². The number of aromatic nitrogens is 1. The molecule has 0 saturated heterocycles. The minimum atomic E-state index is 0.101. The van der Waals surface area contributed by atoms with Crippen LogP contribution in [0.4, 0.5) is 0 Å². The first-order valence-corrected chi connectivity index (χ1v) is 10.5. The molecule has 1 aliphatic rings. The van der Waals surface area contributed by atoms with E-state index in [4.69, 9.17) is 0 Å². The van der Waals surface area contributed by atoms with E-state index >= 15 is 0 Å². The highest BCUT2D eigenvalue weighted by atomic mass is 32.1. The summed E-state index contributed by atoms with van der Waals surface area (Å²) in [6.07, 6.45) is 7.91. The molecule has 6 nitrogen and oxygen atoms in total. The Morgan fingerprint density at radius 2 is 2.23 bits per heavy atom. The van der Waals surface area contributed by atoms with Crippen LogP contribution in [0, 0.1) is 5.92 Å². The summed E-state index contributed by atoms with van der Waals surface area (Å²) in [7, 11) is 1.79. The van der Waals surface area contributed by atoms with Gasteiger partial charge in [-0.05, 0) is 39.5 Å². The molecule has 1 heterocycles. The van der Waals surface area contributed by atoms with Crippen LogP contribution in [0.2, 0.25) is 0 Å². The second-order valence-corrected chi connectivity index (χ2v) is 8.39. The van der Waals surface area contributed by atoms with E-state index in [-0.39, 0.29) is 17.9 Å². The van der Waals surface area contributed by atoms with E-state index < -0.39 is 0 Å². The third-order valence-electron chi connectivity index (χ3n) is 4.62. The summed E-state index contributed by atoms with van der Waals surface area (Å²) in [6.45, 7) is 6.97. The highest BCUT2D eigenvalue weighted by Crippen LogP contribution is 2.24. The minimum absolute atomic E-state index is 0.101. The van der Waals surface area contributed by atoms with Crippen LogP contribution in [-0.2, 0) is 17.6 Å². The fraction of sp³-hybridized carbons (Fsp3) is 0.737. The monoisotopic (exact) mass is 379 g/mol. The fourth-order valence-electron chi connectivity index (χ4n) is 3.26. The predicted molar refractivity (Wildman–Crippen MR) is 109 cm³/mol. The van der Waals surface area contributed by atoms with Crippen molar-refractivity contribution in [2.45, 2.75) is 71.4 Å². The Hall–Kier alpha value is -1.63. The Bertz CT molecular complexity index is 599. The van der Waals surface area contributed by atoms with Gasteiger partial charge in [0.2, 0.25) is 5.91 Å². The first kappa shape index (κ1) is 20.7. The van der Waals surface area contributed by atoms with E-state index in [0.717, 1.165) is 56.0 Å². The molecular weight excluding hydrogens is 346 g/mol. The van der Waals surface area contributed by atoms with Crippen molar-refractivity contribution in [3.05, 3.63) is 16.1 Å². The molecule has 1 aliphatic carbocycles. The smallest absolute Gasteiger partial charge is 0.223 e. The molecule has 1 aromatic rings. The Labute approximate surface area is 161 Å². The normalized spacial score (nSPS) is 20.9. The van der Waals surface area contributed by atoms with Crippen molar-refractivity contribution in [3.8, 4) is 0 Å². The summed E-state index contributed by atoms with van der Waals surface area (Å²) in [5.74, 6) is 1.10. The van der Waals surface area contributed by atoms with E-state index in [0.29, 0.717) is 6.04 Å². The molecule has 3 N–H and O–H groups in total. The van der Waals surface area contributed by atoms with Gasteiger partial charge in [0.1, 0.15) is 0 Å². The van der Waals surface area contributed by atoms with Crippen molar-refractivity contribution in [1.82, 2.24) is 20.9 Å². The van der Waals surface area contributed by atoms with Gasteiger partial charge in [0, 0.05) is 49.1 Å². The van der Waals surface area contributed by atoms with Crippen LogP contribution < -0.4 is 16.0 Å². The lowest BCUT2D eigenvalue weighted by molar-refractivity contribution is -0.126. The van der Waals surface area contributed by atoms with Crippen LogP contribution in [0.3, 0.4) is 0 Å². The van der Waals surface area contributed by atoms with Crippen molar-refractivity contribution in [2.24, 2.45) is 10.9 Å². The third-order valence-corrected chi connectivity index (χ3v) is 5.82. The maximum atomic E-state index is 12.3. The summed E-state index contributed by atoms with van der Waals surface area (Å²) in [6, 6.07) is 0.494. The van der Waals surface area contributed by atoms with Crippen LogP contribution in [0.5, 0.6) is 0 Å². The Balaban J connectivity index is 1.76.